The lowest BCUT2D eigenvalue weighted by Gasteiger charge is -2.10. The SMILES string of the molecule is CCOC(=O)NNS(=O)(=O)c1ccc(Br)c(C(=O)OC)c1. The van der Waals surface area contributed by atoms with Gasteiger partial charge in [-0.2, -0.15) is 0 Å². The lowest BCUT2D eigenvalue weighted by molar-refractivity contribution is 0.0599. The normalized spacial score (nSPS) is 10.8. The predicted octanol–water partition coefficient (Wildman–Crippen LogP) is 1.18. The molecule has 0 saturated heterocycles. The van der Waals surface area contributed by atoms with Crippen LogP contribution in [0.25, 0.3) is 0 Å². The molecule has 1 aromatic carbocycles. The standard InChI is InChI=1S/C11H13BrN2O6S/c1-3-20-11(16)13-14-21(17,18)7-4-5-9(12)8(6-7)10(15)19-2/h4-6,14H,3H2,1-2H3,(H,13,16). The van der Waals surface area contributed by atoms with Gasteiger partial charge < -0.3 is 9.47 Å². The molecule has 1 aromatic rings. The van der Waals surface area contributed by atoms with Gasteiger partial charge in [-0.15, -0.1) is 4.83 Å². The number of hydrogen-bond acceptors (Lipinski definition) is 6. The highest BCUT2D eigenvalue weighted by Gasteiger charge is 2.19. The molecule has 0 aliphatic rings. The number of ether oxygens (including phenoxy) is 2. The van der Waals surface area contributed by atoms with Crippen molar-refractivity contribution >= 4 is 38.0 Å². The minimum Gasteiger partial charge on any atom is -0.465 e. The van der Waals surface area contributed by atoms with Crippen LogP contribution in [0.5, 0.6) is 0 Å². The summed E-state index contributed by atoms with van der Waals surface area (Å²) in [7, 11) is -2.87. The van der Waals surface area contributed by atoms with Gasteiger partial charge in [0.2, 0.25) is 0 Å². The van der Waals surface area contributed by atoms with Crippen molar-refractivity contribution in [3.63, 3.8) is 0 Å². The Morgan fingerprint density at radius 3 is 2.57 bits per heavy atom. The largest absolute Gasteiger partial charge is 0.465 e. The van der Waals surface area contributed by atoms with Crippen LogP contribution in [0.3, 0.4) is 0 Å². The zero-order chi connectivity index (χ0) is 16.0. The topological polar surface area (TPSA) is 111 Å². The molecule has 0 aliphatic carbocycles. The van der Waals surface area contributed by atoms with E-state index in [1.165, 1.54) is 19.2 Å². The summed E-state index contributed by atoms with van der Waals surface area (Å²) in [5, 5.41) is 0. The minimum absolute atomic E-state index is 0.0384. The van der Waals surface area contributed by atoms with Crippen LogP contribution in [-0.4, -0.2) is 34.2 Å². The van der Waals surface area contributed by atoms with Crippen molar-refractivity contribution in [3.05, 3.63) is 28.2 Å². The summed E-state index contributed by atoms with van der Waals surface area (Å²) < 4.78 is 33.4. The number of esters is 1. The highest BCUT2D eigenvalue weighted by molar-refractivity contribution is 9.10. The van der Waals surface area contributed by atoms with Gasteiger partial charge in [0.15, 0.2) is 0 Å². The Morgan fingerprint density at radius 2 is 2.00 bits per heavy atom. The smallest absolute Gasteiger partial charge is 0.422 e. The fourth-order valence-electron chi connectivity index (χ4n) is 1.27. The molecule has 8 nitrogen and oxygen atoms in total. The van der Waals surface area contributed by atoms with Crippen molar-refractivity contribution in [1.82, 2.24) is 10.3 Å². The molecule has 0 aromatic heterocycles. The maximum Gasteiger partial charge on any atom is 0.422 e. The molecule has 10 heteroatoms. The van der Waals surface area contributed by atoms with Crippen LogP contribution in [0.1, 0.15) is 17.3 Å². The first kappa shape index (κ1) is 17.4. The number of hydrazine groups is 1. The van der Waals surface area contributed by atoms with Crippen LogP contribution in [-0.2, 0) is 19.5 Å². The number of carbonyl (C=O) groups excluding carboxylic acids is 2. The van der Waals surface area contributed by atoms with Gasteiger partial charge in [-0.05, 0) is 41.1 Å². The first-order chi connectivity index (χ1) is 9.81. The van der Waals surface area contributed by atoms with Gasteiger partial charge in [0.25, 0.3) is 10.0 Å². The Bertz CT molecular complexity index is 646. The molecular formula is C11H13BrN2O6S. The van der Waals surface area contributed by atoms with Crippen LogP contribution in [0.2, 0.25) is 0 Å². The summed E-state index contributed by atoms with van der Waals surface area (Å²) in [6.45, 7) is 1.67. The van der Waals surface area contributed by atoms with Crippen molar-refractivity contribution in [2.75, 3.05) is 13.7 Å². The monoisotopic (exact) mass is 380 g/mol. The molecule has 2 N–H and O–H groups in total. The summed E-state index contributed by atoms with van der Waals surface area (Å²) in [5.74, 6) is -0.697. The summed E-state index contributed by atoms with van der Waals surface area (Å²) in [6.07, 6.45) is -0.939. The summed E-state index contributed by atoms with van der Waals surface area (Å²) >= 11 is 3.12. The maximum absolute atomic E-state index is 12.0. The summed E-state index contributed by atoms with van der Waals surface area (Å²) in [5.41, 5.74) is 1.91. The van der Waals surface area contributed by atoms with Crippen LogP contribution in [0.15, 0.2) is 27.6 Å². The third kappa shape index (κ3) is 4.69. The fourth-order valence-corrected chi connectivity index (χ4v) is 2.54. The molecule has 0 spiro atoms. The van der Waals surface area contributed by atoms with E-state index in [1.807, 2.05) is 10.3 Å². The van der Waals surface area contributed by atoms with Gasteiger partial charge in [0.05, 0.1) is 24.2 Å². The molecule has 0 unspecified atom stereocenters. The zero-order valence-corrected chi connectivity index (χ0v) is 13.6. The molecule has 1 amide bonds. The first-order valence-electron chi connectivity index (χ1n) is 5.64. The maximum atomic E-state index is 12.0. The molecule has 116 valence electrons. The van der Waals surface area contributed by atoms with Gasteiger partial charge in [-0.25, -0.2) is 23.4 Å². The van der Waals surface area contributed by atoms with Crippen molar-refractivity contribution in [1.29, 1.82) is 0 Å². The van der Waals surface area contributed by atoms with E-state index in [9.17, 15) is 18.0 Å². The second kappa shape index (κ2) is 7.38. The zero-order valence-electron chi connectivity index (χ0n) is 11.2. The molecule has 21 heavy (non-hydrogen) atoms. The lowest BCUT2D eigenvalue weighted by Crippen LogP contribution is -2.41. The van der Waals surface area contributed by atoms with Gasteiger partial charge in [0.1, 0.15) is 0 Å². The molecule has 0 heterocycles. The van der Waals surface area contributed by atoms with Crippen molar-refractivity contribution in [2.24, 2.45) is 0 Å². The van der Waals surface area contributed by atoms with Crippen molar-refractivity contribution < 1.29 is 27.5 Å². The molecular weight excluding hydrogens is 368 g/mol. The van der Waals surface area contributed by atoms with E-state index in [2.05, 4.69) is 25.4 Å². The van der Waals surface area contributed by atoms with E-state index in [0.29, 0.717) is 4.47 Å². The average Bonchev–Trinajstić information content (AvgIpc) is 2.45. The van der Waals surface area contributed by atoms with Crippen molar-refractivity contribution in [2.45, 2.75) is 11.8 Å². The highest BCUT2D eigenvalue weighted by atomic mass is 79.9. The molecule has 0 bridgehead atoms. The van der Waals surface area contributed by atoms with Gasteiger partial charge >= 0.3 is 12.1 Å². The van der Waals surface area contributed by atoms with Crippen molar-refractivity contribution in [3.8, 4) is 0 Å². The van der Waals surface area contributed by atoms with Crippen LogP contribution in [0.4, 0.5) is 4.79 Å². The van der Waals surface area contributed by atoms with Gasteiger partial charge in [-0.1, -0.05) is 0 Å². The quantitative estimate of drug-likeness (QED) is 0.585. The predicted molar refractivity (Wildman–Crippen MR) is 76.0 cm³/mol. The van der Waals surface area contributed by atoms with E-state index in [0.717, 1.165) is 6.07 Å². The van der Waals surface area contributed by atoms with E-state index in [4.69, 9.17) is 0 Å². The number of rotatable bonds is 5. The summed E-state index contributed by atoms with van der Waals surface area (Å²) in [4.78, 5) is 24.2. The number of halogens is 1. The molecule has 0 atom stereocenters. The molecule has 0 fully saturated rings. The fraction of sp³-hybridized carbons (Fsp3) is 0.273. The van der Waals surface area contributed by atoms with Gasteiger partial charge in [-0.3, -0.25) is 0 Å². The number of carbonyl (C=O) groups is 2. The van der Waals surface area contributed by atoms with Crippen LogP contribution >= 0.6 is 15.9 Å². The Kier molecular flexibility index (Phi) is 6.12. The first-order valence-corrected chi connectivity index (χ1v) is 7.92. The molecule has 0 saturated carbocycles. The average molecular weight is 381 g/mol. The number of nitrogens with one attached hydrogen (secondary N) is 2. The third-order valence-corrected chi connectivity index (χ3v) is 4.15. The Balaban J connectivity index is 2.98. The number of sulfonamides is 1. The minimum atomic E-state index is -4.05. The number of amides is 1. The molecule has 0 aliphatic heterocycles. The highest BCUT2D eigenvalue weighted by Crippen LogP contribution is 2.21. The van der Waals surface area contributed by atoms with E-state index < -0.39 is 22.1 Å². The lowest BCUT2D eigenvalue weighted by atomic mass is 10.2. The third-order valence-electron chi connectivity index (χ3n) is 2.22. The van der Waals surface area contributed by atoms with Gasteiger partial charge in [0, 0.05) is 4.47 Å². The van der Waals surface area contributed by atoms with Crippen LogP contribution in [0, 0.1) is 0 Å². The number of methoxy groups -OCH3 is 1. The van der Waals surface area contributed by atoms with E-state index in [1.54, 1.807) is 6.92 Å². The number of hydrogen-bond donors (Lipinski definition) is 2. The Labute approximate surface area is 130 Å². The Morgan fingerprint density at radius 1 is 1.33 bits per heavy atom. The Hall–Kier alpha value is -1.65. The second-order valence-corrected chi connectivity index (χ2v) is 6.12. The number of benzene rings is 1. The molecule has 1 rings (SSSR count). The molecule has 0 radical (unpaired) electrons. The summed E-state index contributed by atoms with van der Waals surface area (Å²) in [6, 6.07) is 3.75. The van der Waals surface area contributed by atoms with Crippen LogP contribution < -0.4 is 10.3 Å². The van der Waals surface area contributed by atoms with E-state index in [-0.39, 0.29) is 17.1 Å². The second-order valence-electron chi connectivity index (χ2n) is 3.58. The van der Waals surface area contributed by atoms with E-state index >= 15 is 0 Å².